The standard InChI is InChI=1S/C11H8F6N2O2/c1-5(20)18-19-9(21)6-2-7(10(12,13)14)4-8(3-6)11(15,16)17/h2-4H,1H3,(H,18,20)(H,19,21). The number of amides is 2. The van der Waals surface area contributed by atoms with Crippen molar-refractivity contribution in [1.29, 1.82) is 0 Å². The molecule has 0 heterocycles. The maximum Gasteiger partial charge on any atom is 0.416 e. The molecule has 0 aliphatic carbocycles. The molecule has 0 radical (unpaired) electrons. The Balaban J connectivity index is 3.26. The molecule has 116 valence electrons. The van der Waals surface area contributed by atoms with Crippen LogP contribution in [0.1, 0.15) is 28.4 Å². The molecule has 1 aromatic carbocycles. The van der Waals surface area contributed by atoms with Gasteiger partial charge >= 0.3 is 12.4 Å². The predicted octanol–water partition coefficient (Wildman–Crippen LogP) is 2.51. The van der Waals surface area contributed by atoms with Gasteiger partial charge in [-0.1, -0.05) is 0 Å². The van der Waals surface area contributed by atoms with Crippen LogP contribution in [0.4, 0.5) is 26.3 Å². The maximum absolute atomic E-state index is 12.5. The van der Waals surface area contributed by atoms with Crippen molar-refractivity contribution in [1.82, 2.24) is 10.9 Å². The van der Waals surface area contributed by atoms with E-state index in [0.717, 1.165) is 6.92 Å². The zero-order valence-electron chi connectivity index (χ0n) is 10.3. The second kappa shape index (κ2) is 5.62. The van der Waals surface area contributed by atoms with Crippen molar-refractivity contribution < 1.29 is 35.9 Å². The van der Waals surface area contributed by atoms with Crippen molar-refractivity contribution in [3.05, 3.63) is 34.9 Å². The fourth-order valence-corrected chi connectivity index (χ4v) is 1.30. The first-order chi connectivity index (χ1) is 9.41. The number of hydrazine groups is 1. The third-order valence-electron chi connectivity index (χ3n) is 2.20. The van der Waals surface area contributed by atoms with Gasteiger partial charge in [-0.25, -0.2) is 0 Å². The molecule has 0 spiro atoms. The van der Waals surface area contributed by atoms with Crippen molar-refractivity contribution in [3.63, 3.8) is 0 Å². The Morgan fingerprint density at radius 3 is 1.62 bits per heavy atom. The quantitative estimate of drug-likeness (QED) is 0.618. The highest BCUT2D eigenvalue weighted by atomic mass is 19.4. The number of alkyl halides is 6. The molecule has 1 aromatic rings. The van der Waals surface area contributed by atoms with Gasteiger partial charge in [0.2, 0.25) is 5.91 Å². The second-order valence-corrected chi connectivity index (χ2v) is 3.93. The fourth-order valence-electron chi connectivity index (χ4n) is 1.30. The van der Waals surface area contributed by atoms with Gasteiger partial charge in [0.1, 0.15) is 0 Å². The maximum atomic E-state index is 12.5. The van der Waals surface area contributed by atoms with E-state index < -0.39 is 40.9 Å². The lowest BCUT2D eigenvalue weighted by molar-refractivity contribution is -0.143. The summed E-state index contributed by atoms with van der Waals surface area (Å²) in [6, 6.07) is 0.411. The molecule has 0 atom stereocenters. The Morgan fingerprint density at radius 1 is 0.857 bits per heavy atom. The van der Waals surface area contributed by atoms with Crippen molar-refractivity contribution in [2.24, 2.45) is 0 Å². The van der Waals surface area contributed by atoms with Crippen molar-refractivity contribution in [2.45, 2.75) is 19.3 Å². The van der Waals surface area contributed by atoms with Gasteiger partial charge in [0.15, 0.2) is 0 Å². The number of benzene rings is 1. The van der Waals surface area contributed by atoms with Crippen LogP contribution in [0.5, 0.6) is 0 Å². The van der Waals surface area contributed by atoms with Crippen LogP contribution < -0.4 is 10.9 Å². The molecule has 0 unspecified atom stereocenters. The third-order valence-corrected chi connectivity index (χ3v) is 2.20. The molecule has 0 bridgehead atoms. The average Bonchev–Trinajstić information content (AvgIpc) is 2.33. The summed E-state index contributed by atoms with van der Waals surface area (Å²) in [5.74, 6) is -2.05. The van der Waals surface area contributed by atoms with Gasteiger partial charge < -0.3 is 0 Å². The molecule has 0 saturated carbocycles. The SMILES string of the molecule is CC(=O)NNC(=O)c1cc(C(F)(F)F)cc(C(F)(F)F)c1. The van der Waals surface area contributed by atoms with E-state index >= 15 is 0 Å². The largest absolute Gasteiger partial charge is 0.416 e. The van der Waals surface area contributed by atoms with Gasteiger partial charge in [0.25, 0.3) is 5.91 Å². The molecule has 0 aliphatic rings. The highest BCUT2D eigenvalue weighted by Crippen LogP contribution is 2.36. The van der Waals surface area contributed by atoms with Crippen LogP contribution in [0.15, 0.2) is 18.2 Å². The van der Waals surface area contributed by atoms with Crippen molar-refractivity contribution in [3.8, 4) is 0 Å². The highest BCUT2D eigenvalue weighted by Gasteiger charge is 2.37. The van der Waals surface area contributed by atoms with E-state index in [2.05, 4.69) is 0 Å². The number of rotatable bonds is 1. The Kier molecular flexibility index (Phi) is 4.49. The summed E-state index contributed by atoms with van der Waals surface area (Å²) in [6.07, 6.45) is -10.1. The van der Waals surface area contributed by atoms with Crippen LogP contribution >= 0.6 is 0 Å². The van der Waals surface area contributed by atoms with Crippen LogP contribution in [0.2, 0.25) is 0 Å². The molecule has 4 nitrogen and oxygen atoms in total. The summed E-state index contributed by atoms with van der Waals surface area (Å²) in [5, 5.41) is 0. The monoisotopic (exact) mass is 314 g/mol. The van der Waals surface area contributed by atoms with E-state index in [1.54, 1.807) is 10.9 Å². The summed E-state index contributed by atoms with van der Waals surface area (Å²) in [4.78, 5) is 22.0. The Hall–Kier alpha value is -2.26. The topological polar surface area (TPSA) is 58.2 Å². The summed E-state index contributed by atoms with van der Waals surface area (Å²) >= 11 is 0. The zero-order valence-corrected chi connectivity index (χ0v) is 10.3. The lowest BCUT2D eigenvalue weighted by Crippen LogP contribution is -2.40. The van der Waals surface area contributed by atoms with E-state index in [0.29, 0.717) is 0 Å². The Bertz CT molecular complexity index is 533. The number of halogens is 6. The summed E-state index contributed by atoms with van der Waals surface area (Å²) < 4.78 is 75.3. The summed E-state index contributed by atoms with van der Waals surface area (Å²) in [7, 11) is 0. The lowest BCUT2D eigenvalue weighted by Gasteiger charge is -2.14. The lowest BCUT2D eigenvalue weighted by atomic mass is 10.0. The van der Waals surface area contributed by atoms with E-state index in [9.17, 15) is 35.9 Å². The van der Waals surface area contributed by atoms with Gasteiger partial charge in [0.05, 0.1) is 11.1 Å². The third kappa shape index (κ3) is 4.65. The minimum atomic E-state index is -5.05. The number of hydrogen-bond donors (Lipinski definition) is 2. The van der Waals surface area contributed by atoms with E-state index in [1.807, 2.05) is 0 Å². The van der Waals surface area contributed by atoms with Crippen LogP contribution in [-0.2, 0) is 17.1 Å². The molecule has 2 N–H and O–H groups in total. The fraction of sp³-hybridized carbons (Fsp3) is 0.273. The van der Waals surface area contributed by atoms with Crippen LogP contribution in [0, 0.1) is 0 Å². The van der Waals surface area contributed by atoms with Gasteiger partial charge in [-0.2, -0.15) is 26.3 Å². The van der Waals surface area contributed by atoms with Gasteiger partial charge in [0, 0.05) is 12.5 Å². The smallest absolute Gasteiger partial charge is 0.274 e. The minimum absolute atomic E-state index is 0.102. The molecule has 10 heteroatoms. The normalized spacial score (nSPS) is 12.0. The predicted molar refractivity (Wildman–Crippen MR) is 57.7 cm³/mol. The van der Waals surface area contributed by atoms with E-state index in [-0.39, 0.29) is 18.2 Å². The first-order valence-corrected chi connectivity index (χ1v) is 5.27. The Labute approximate surface area is 114 Å². The number of hydrogen-bond acceptors (Lipinski definition) is 2. The molecule has 21 heavy (non-hydrogen) atoms. The van der Waals surface area contributed by atoms with Gasteiger partial charge in [-0.05, 0) is 18.2 Å². The Morgan fingerprint density at radius 2 is 1.29 bits per heavy atom. The number of nitrogens with one attached hydrogen (secondary N) is 2. The molecule has 2 amide bonds. The first kappa shape index (κ1) is 16.8. The number of carbonyl (C=O) groups is 2. The number of carbonyl (C=O) groups excluding carboxylic acids is 2. The second-order valence-electron chi connectivity index (χ2n) is 3.93. The highest BCUT2D eigenvalue weighted by molar-refractivity contribution is 5.95. The zero-order chi connectivity index (χ0) is 16.4. The molecular weight excluding hydrogens is 306 g/mol. The van der Waals surface area contributed by atoms with Crippen molar-refractivity contribution >= 4 is 11.8 Å². The molecule has 0 fully saturated rings. The van der Waals surface area contributed by atoms with Crippen molar-refractivity contribution in [2.75, 3.05) is 0 Å². The molecule has 1 rings (SSSR count). The van der Waals surface area contributed by atoms with E-state index in [1.165, 1.54) is 0 Å². The molecule has 0 aromatic heterocycles. The van der Waals surface area contributed by atoms with Gasteiger partial charge in [-0.15, -0.1) is 0 Å². The summed E-state index contributed by atoms with van der Waals surface area (Å²) in [6.45, 7) is 0.994. The molecule has 0 aliphatic heterocycles. The minimum Gasteiger partial charge on any atom is -0.274 e. The van der Waals surface area contributed by atoms with Crippen LogP contribution in [-0.4, -0.2) is 11.8 Å². The van der Waals surface area contributed by atoms with E-state index in [4.69, 9.17) is 0 Å². The molecule has 0 saturated heterocycles. The first-order valence-electron chi connectivity index (χ1n) is 5.27. The average molecular weight is 314 g/mol. The molecular formula is C11H8F6N2O2. The summed E-state index contributed by atoms with van der Waals surface area (Å²) in [5.41, 5.74) is -0.682. The van der Waals surface area contributed by atoms with Crippen LogP contribution in [0.3, 0.4) is 0 Å². The van der Waals surface area contributed by atoms with Gasteiger partial charge in [-0.3, -0.25) is 20.4 Å². The van der Waals surface area contributed by atoms with Crippen LogP contribution in [0.25, 0.3) is 0 Å².